The number of H-pyrrole nitrogens is 1. The Hall–Kier alpha value is -3.19. The van der Waals surface area contributed by atoms with Crippen LogP contribution >= 0.6 is 0 Å². The lowest BCUT2D eigenvalue weighted by atomic mass is 10.0. The number of ether oxygens (including phenoxy) is 1. The van der Waals surface area contributed by atoms with E-state index in [1.807, 2.05) is 24.3 Å². The number of benzene rings is 2. The number of hydrogen-bond donors (Lipinski definition) is 2. The van der Waals surface area contributed by atoms with Crippen LogP contribution in [-0.2, 0) is 20.7 Å². The second-order valence-electron chi connectivity index (χ2n) is 7.62. The first-order valence-corrected chi connectivity index (χ1v) is 10.6. The molecule has 162 valence electrons. The fourth-order valence-electron chi connectivity index (χ4n) is 3.93. The molecule has 2 heterocycles. The van der Waals surface area contributed by atoms with Gasteiger partial charge in [0.25, 0.3) is 0 Å². The third-order valence-electron chi connectivity index (χ3n) is 5.57. The number of amides is 2. The number of aromatic amines is 1. The van der Waals surface area contributed by atoms with E-state index in [-0.39, 0.29) is 17.6 Å². The molecule has 0 saturated carbocycles. The quantitative estimate of drug-likeness (QED) is 0.613. The Labute approximate surface area is 180 Å². The smallest absolute Gasteiger partial charge is 0.224 e. The molecule has 1 saturated heterocycles. The molecule has 0 radical (unpaired) electrons. The van der Waals surface area contributed by atoms with Crippen LogP contribution in [0.2, 0.25) is 0 Å². The molecule has 4 rings (SSSR count). The van der Waals surface area contributed by atoms with E-state index in [0.29, 0.717) is 52.1 Å². The molecule has 1 fully saturated rings. The van der Waals surface area contributed by atoms with Crippen molar-refractivity contribution in [2.75, 3.05) is 32.8 Å². The first kappa shape index (κ1) is 21.1. The molecule has 2 aromatic carbocycles. The number of aryl methyl sites for hydroxylation is 1. The van der Waals surface area contributed by atoms with E-state index in [0.717, 1.165) is 27.7 Å². The second-order valence-corrected chi connectivity index (χ2v) is 7.62. The van der Waals surface area contributed by atoms with Gasteiger partial charge in [0.15, 0.2) is 0 Å². The molecule has 1 aliphatic rings. The lowest BCUT2D eigenvalue weighted by molar-refractivity contribution is -0.135. The molecule has 31 heavy (non-hydrogen) atoms. The number of rotatable bonds is 7. The lowest BCUT2D eigenvalue weighted by Crippen LogP contribution is -2.42. The van der Waals surface area contributed by atoms with Crippen LogP contribution in [0.4, 0.5) is 4.39 Å². The third kappa shape index (κ3) is 5.11. The highest BCUT2D eigenvalue weighted by Gasteiger charge is 2.17. The zero-order chi connectivity index (χ0) is 21.6. The van der Waals surface area contributed by atoms with Gasteiger partial charge in [0, 0.05) is 49.1 Å². The summed E-state index contributed by atoms with van der Waals surface area (Å²) in [4.78, 5) is 29.8. The molecule has 0 aliphatic carbocycles. The van der Waals surface area contributed by atoms with Gasteiger partial charge in [-0.3, -0.25) is 9.59 Å². The predicted molar refractivity (Wildman–Crippen MR) is 117 cm³/mol. The second kappa shape index (κ2) is 9.75. The zero-order valence-electron chi connectivity index (χ0n) is 17.3. The summed E-state index contributed by atoms with van der Waals surface area (Å²) in [5.74, 6) is -0.337. The standard InChI is InChI=1S/C24H26FN3O3/c25-18-7-5-17(6-8-18)24-20(19-3-1-2-4-21(19)27-24)9-10-22(29)26-12-11-23(30)28-13-15-31-16-14-28/h1-8,27H,9-16H2,(H,26,29). The van der Waals surface area contributed by atoms with E-state index in [1.165, 1.54) is 12.1 Å². The summed E-state index contributed by atoms with van der Waals surface area (Å²) in [5, 5.41) is 3.91. The summed E-state index contributed by atoms with van der Waals surface area (Å²) < 4.78 is 18.6. The van der Waals surface area contributed by atoms with Gasteiger partial charge < -0.3 is 19.9 Å². The van der Waals surface area contributed by atoms with Crippen molar-refractivity contribution in [2.24, 2.45) is 0 Å². The first-order chi connectivity index (χ1) is 15.1. The van der Waals surface area contributed by atoms with Crippen LogP contribution in [0.15, 0.2) is 48.5 Å². The minimum absolute atomic E-state index is 0.0406. The van der Waals surface area contributed by atoms with Gasteiger partial charge in [0.05, 0.1) is 13.2 Å². The molecule has 1 aliphatic heterocycles. The van der Waals surface area contributed by atoms with Crippen LogP contribution in [0, 0.1) is 5.82 Å². The van der Waals surface area contributed by atoms with E-state index in [2.05, 4.69) is 10.3 Å². The summed E-state index contributed by atoms with van der Waals surface area (Å²) in [6.07, 6.45) is 1.14. The van der Waals surface area contributed by atoms with Crippen LogP contribution in [0.1, 0.15) is 18.4 Å². The van der Waals surface area contributed by atoms with Gasteiger partial charge in [0.2, 0.25) is 11.8 Å². The highest BCUT2D eigenvalue weighted by Crippen LogP contribution is 2.31. The minimum atomic E-state index is -0.285. The van der Waals surface area contributed by atoms with E-state index in [1.54, 1.807) is 17.0 Å². The fourth-order valence-corrected chi connectivity index (χ4v) is 3.93. The first-order valence-electron chi connectivity index (χ1n) is 10.6. The molecule has 2 amide bonds. The molecule has 1 aromatic heterocycles. The Morgan fingerprint density at radius 3 is 2.55 bits per heavy atom. The molecule has 0 spiro atoms. The Morgan fingerprint density at radius 2 is 1.77 bits per heavy atom. The van der Waals surface area contributed by atoms with Crippen molar-refractivity contribution in [1.82, 2.24) is 15.2 Å². The van der Waals surface area contributed by atoms with Crippen molar-refractivity contribution >= 4 is 22.7 Å². The normalized spacial score (nSPS) is 14.0. The number of halogens is 1. The van der Waals surface area contributed by atoms with Gasteiger partial charge in [-0.15, -0.1) is 0 Å². The average molecular weight is 423 g/mol. The number of carbonyl (C=O) groups is 2. The van der Waals surface area contributed by atoms with E-state index in [4.69, 9.17) is 4.74 Å². The maximum atomic E-state index is 13.4. The van der Waals surface area contributed by atoms with Crippen molar-refractivity contribution in [2.45, 2.75) is 19.3 Å². The highest BCUT2D eigenvalue weighted by molar-refractivity contribution is 5.91. The van der Waals surface area contributed by atoms with Gasteiger partial charge in [-0.05, 0) is 47.9 Å². The van der Waals surface area contributed by atoms with Crippen molar-refractivity contribution < 1.29 is 18.7 Å². The van der Waals surface area contributed by atoms with Crippen molar-refractivity contribution in [3.8, 4) is 11.3 Å². The molecule has 0 unspecified atom stereocenters. The number of morpholine rings is 1. The van der Waals surface area contributed by atoms with Gasteiger partial charge >= 0.3 is 0 Å². The summed E-state index contributed by atoms with van der Waals surface area (Å²) in [5.41, 5.74) is 3.79. The largest absolute Gasteiger partial charge is 0.378 e. The highest BCUT2D eigenvalue weighted by atomic mass is 19.1. The van der Waals surface area contributed by atoms with E-state index in [9.17, 15) is 14.0 Å². The molecule has 6 nitrogen and oxygen atoms in total. The van der Waals surface area contributed by atoms with Gasteiger partial charge in [0.1, 0.15) is 5.82 Å². The molecule has 3 aromatic rings. The molecular formula is C24H26FN3O3. The van der Waals surface area contributed by atoms with Crippen molar-refractivity contribution in [3.63, 3.8) is 0 Å². The Bertz CT molecular complexity index is 1060. The van der Waals surface area contributed by atoms with Gasteiger partial charge in [-0.25, -0.2) is 4.39 Å². The van der Waals surface area contributed by atoms with E-state index >= 15 is 0 Å². The number of nitrogens with zero attached hydrogens (tertiary/aromatic N) is 1. The molecular weight excluding hydrogens is 397 g/mol. The molecule has 7 heteroatoms. The number of fused-ring (bicyclic) bond motifs is 1. The number of nitrogens with one attached hydrogen (secondary N) is 2. The van der Waals surface area contributed by atoms with Crippen LogP contribution in [0.3, 0.4) is 0 Å². The Balaban J connectivity index is 1.38. The predicted octanol–water partition coefficient (Wildman–Crippen LogP) is 3.27. The monoisotopic (exact) mass is 423 g/mol. The Morgan fingerprint density at radius 1 is 1.03 bits per heavy atom. The fraction of sp³-hybridized carbons (Fsp3) is 0.333. The number of carbonyl (C=O) groups excluding carboxylic acids is 2. The zero-order valence-corrected chi connectivity index (χ0v) is 17.3. The van der Waals surface area contributed by atoms with Crippen molar-refractivity contribution in [1.29, 1.82) is 0 Å². The van der Waals surface area contributed by atoms with Gasteiger partial charge in [-0.1, -0.05) is 18.2 Å². The molecule has 0 bridgehead atoms. The maximum absolute atomic E-state index is 13.4. The SMILES string of the molecule is O=C(CCc1c(-c2ccc(F)cc2)[nH]c2ccccc12)NCCC(=O)N1CCOCC1. The minimum Gasteiger partial charge on any atom is -0.378 e. The summed E-state index contributed by atoms with van der Waals surface area (Å²) in [6, 6.07) is 14.3. The number of para-hydroxylation sites is 1. The Kier molecular flexibility index (Phi) is 6.62. The lowest BCUT2D eigenvalue weighted by Gasteiger charge is -2.26. The van der Waals surface area contributed by atoms with Crippen LogP contribution in [0.25, 0.3) is 22.2 Å². The maximum Gasteiger partial charge on any atom is 0.224 e. The van der Waals surface area contributed by atoms with Crippen LogP contribution < -0.4 is 5.32 Å². The molecule has 0 atom stereocenters. The summed E-state index contributed by atoms with van der Waals surface area (Å²) in [7, 11) is 0. The van der Waals surface area contributed by atoms with E-state index < -0.39 is 0 Å². The van der Waals surface area contributed by atoms with Crippen LogP contribution in [0.5, 0.6) is 0 Å². The average Bonchev–Trinajstić information content (AvgIpc) is 3.17. The number of hydrogen-bond acceptors (Lipinski definition) is 3. The third-order valence-corrected chi connectivity index (χ3v) is 5.57. The summed E-state index contributed by atoms with van der Waals surface area (Å²) in [6.45, 7) is 2.69. The van der Waals surface area contributed by atoms with Crippen LogP contribution in [-0.4, -0.2) is 54.5 Å². The topological polar surface area (TPSA) is 74.4 Å². The number of aromatic nitrogens is 1. The van der Waals surface area contributed by atoms with Crippen molar-refractivity contribution in [3.05, 3.63) is 59.9 Å². The van der Waals surface area contributed by atoms with Gasteiger partial charge in [-0.2, -0.15) is 0 Å². The summed E-state index contributed by atoms with van der Waals surface area (Å²) >= 11 is 0. The molecule has 2 N–H and O–H groups in total.